The highest BCUT2D eigenvalue weighted by atomic mass is 16.5. The number of phenolic OH excluding ortho intramolecular Hbond substituents is 1. The molecule has 1 aromatic carbocycles. The Kier molecular flexibility index (Phi) is 5.99. The van der Waals surface area contributed by atoms with Crippen LogP contribution in [0.25, 0.3) is 0 Å². The molecule has 0 aromatic heterocycles. The molecule has 1 aliphatic rings. The first-order chi connectivity index (χ1) is 10.2. The van der Waals surface area contributed by atoms with E-state index in [4.69, 9.17) is 4.74 Å². The molecule has 0 spiro atoms. The molecule has 0 saturated carbocycles. The first-order valence-corrected chi connectivity index (χ1v) is 7.68. The van der Waals surface area contributed by atoms with Crippen LogP contribution in [-0.2, 0) is 11.3 Å². The maximum atomic E-state index is 10.4. The Labute approximate surface area is 126 Å². The highest BCUT2D eigenvalue weighted by molar-refractivity contribution is 5.31. The number of ether oxygens (including phenoxy) is 1. The van der Waals surface area contributed by atoms with E-state index in [0.717, 1.165) is 25.2 Å². The fourth-order valence-corrected chi connectivity index (χ4v) is 2.66. The number of nitrogens with one attached hydrogen (secondary N) is 1. The third-order valence-corrected chi connectivity index (χ3v) is 4.16. The molecular formula is C16H26N2O3. The van der Waals surface area contributed by atoms with Gasteiger partial charge in [0.05, 0.1) is 24.9 Å². The van der Waals surface area contributed by atoms with Crippen LogP contribution in [0.3, 0.4) is 0 Å². The Morgan fingerprint density at radius 2 is 2.00 bits per heavy atom. The monoisotopic (exact) mass is 294 g/mol. The predicted molar refractivity (Wildman–Crippen MR) is 82.3 cm³/mol. The number of aliphatic hydroxyl groups excluding tert-OH is 1. The highest BCUT2D eigenvalue weighted by Crippen LogP contribution is 2.19. The van der Waals surface area contributed by atoms with Crippen molar-refractivity contribution >= 4 is 0 Å². The molecule has 3 N–H and O–H groups in total. The summed E-state index contributed by atoms with van der Waals surface area (Å²) in [6.07, 6.45) is -0.664. The summed E-state index contributed by atoms with van der Waals surface area (Å²) in [6.45, 7) is 7.91. The molecule has 1 heterocycles. The largest absolute Gasteiger partial charge is 0.508 e. The molecule has 0 amide bonds. The zero-order valence-corrected chi connectivity index (χ0v) is 12.8. The van der Waals surface area contributed by atoms with Crippen molar-refractivity contribution in [2.24, 2.45) is 0 Å². The van der Waals surface area contributed by atoms with Gasteiger partial charge in [0, 0.05) is 18.7 Å². The van der Waals surface area contributed by atoms with E-state index in [1.165, 1.54) is 0 Å². The molecule has 1 saturated heterocycles. The average Bonchev–Trinajstić information content (AvgIpc) is 2.84. The molecule has 118 valence electrons. The molecule has 1 aromatic rings. The molecule has 0 unspecified atom stereocenters. The van der Waals surface area contributed by atoms with E-state index in [2.05, 4.69) is 24.1 Å². The number of phenols is 1. The molecular weight excluding hydrogens is 268 g/mol. The molecule has 1 fully saturated rings. The zero-order chi connectivity index (χ0) is 15.2. The standard InChI is InChI=1S/C16H26N2O3/c1-3-18(4-2)10-15-16(20)13(11-21-15)17-9-12-7-5-6-8-14(12)19/h5-8,13,15-17,19-20H,3-4,9-11H2,1-2H3/t13-,15+,16-/m1/s1. The second-order valence-electron chi connectivity index (χ2n) is 5.46. The minimum Gasteiger partial charge on any atom is -0.508 e. The van der Waals surface area contributed by atoms with Crippen LogP contribution in [0.1, 0.15) is 19.4 Å². The summed E-state index contributed by atoms with van der Waals surface area (Å²) in [7, 11) is 0. The van der Waals surface area contributed by atoms with Crippen LogP contribution in [0.15, 0.2) is 24.3 Å². The molecule has 5 nitrogen and oxygen atoms in total. The molecule has 0 aliphatic carbocycles. The number of aliphatic hydroxyl groups is 1. The van der Waals surface area contributed by atoms with Crippen LogP contribution in [0.5, 0.6) is 5.75 Å². The SMILES string of the molecule is CCN(CC)C[C@@H]1OC[C@@H](NCc2ccccc2O)[C@H]1O. The number of para-hydroxylation sites is 1. The summed E-state index contributed by atoms with van der Waals surface area (Å²) in [6, 6.07) is 7.14. The van der Waals surface area contributed by atoms with E-state index in [1.807, 2.05) is 12.1 Å². The van der Waals surface area contributed by atoms with E-state index in [-0.39, 0.29) is 17.9 Å². The molecule has 3 atom stereocenters. The van der Waals surface area contributed by atoms with Gasteiger partial charge in [-0.25, -0.2) is 0 Å². The van der Waals surface area contributed by atoms with Crippen molar-refractivity contribution in [3.63, 3.8) is 0 Å². The van der Waals surface area contributed by atoms with Gasteiger partial charge in [0.2, 0.25) is 0 Å². The van der Waals surface area contributed by atoms with Gasteiger partial charge in [-0.1, -0.05) is 32.0 Å². The maximum absolute atomic E-state index is 10.4. The van der Waals surface area contributed by atoms with Crippen molar-refractivity contribution in [2.75, 3.05) is 26.2 Å². The summed E-state index contributed by atoms with van der Waals surface area (Å²) < 4.78 is 5.71. The van der Waals surface area contributed by atoms with Crippen LogP contribution in [0.2, 0.25) is 0 Å². The van der Waals surface area contributed by atoms with E-state index in [9.17, 15) is 10.2 Å². The summed E-state index contributed by atoms with van der Waals surface area (Å²) >= 11 is 0. The second-order valence-corrected chi connectivity index (χ2v) is 5.46. The number of rotatable bonds is 7. The van der Waals surface area contributed by atoms with Crippen LogP contribution < -0.4 is 5.32 Å². The van der Waals surface area contributed by atoms with Gasteiger partial charge in [0.1, 0.15) is 5.75 Å². The summed E-state index contributed by atoms with van der Waals surface area (Å²) in [5, 5.41) is 23.4. The number of aromatic hydroxyl groups is 1. The van der Waals surface area contributed by atoms with Crippen molar-refractivity contribution in [2.45, 2.75) is 38.6 Å². The van der Waals surface area contributed by atoms with E-state index in [0.29, 0.717) is 13.2 Å². The van der Waals surface area contributed by atoms with Crippen LogP contribution in [0.4, 0.5) is 0 Å². The number of hydrogen-bond acceptors (Lipinski definition) is 5. The third-order valence-electron chi connectivity index (χ3n) is 4.16. The van der Waals surface area contributed by atoms with Gasteiger partial charge in [-0.2, -0.15) is 0 Å². The van der Waals surface area contributed by atoms with E-state index >= 15 is 0 Å². The quantitative estimate of drug-likeness (QED) is 0.699. The molecule has 0 radical (unpaired) electrons. The first-order valence-electron chi connectivity index (χ1n) is 7.68. The van der Waals surface area contributed by atoms with E-state index < -0.39 is 6.10 Å². The fraction of sp³-hybridized carbons (Fsp3) is 0.625. The lowest BCUT2D eigenvalue weighted by Gasteiger charge is -2.24. The zero-order valence-electron chi connectivity index (χ0n) is 12.8. The first kappa shape index (κ1) is 16.2. The lowest BCUT2D eigenvalue weighted by atomic mass is 10.1. The Balaban J connectivity index is 1.84. The topological polar surface area (TPSA) is 65.0 Å². The summed E-state index contributed by atoms with van der Waals surface area (Å²) in [5.74, 6) is 0.276. The maximum Gasteiger partial charge on any atom is 0.120 e. The van der Waals surface area contributed by atoms with Gasteiger partial charge in [0.25, 0.3) is 0 Å². The van der Waals surface area contributed by atoms with Gasteiger partial charge in [-0.15, -0.1) is 0 Å². The van der Waals surface area contributed by atoms with Crippen molar-refractivity contribution < 1.29 is 14.9 Å². The lowest BCUT2D eigenvalue weighted by Crippen LogP contribution is -2.44. The average molecular weight is 294 g/mol. The molecule has 1 aliphatic heterocycles. The van der Waals surface area contributed by atoms with Crippen LogP contribution >= 0.6 is 0 Å². The molecule has 21 heavy (non-hydrogen) atoms. The fourth-order valence-electron chi connectivity index (χ4n) is 2.66. The van der Waals surface area contributed by atoms with Crippen LogP contribution in [0, 0.1) is 0 Å². The number of benzene rings is 1. The van der Waals surface area contributed by atoms with Crippen molar-refractivity contribution in [3.05, 3.63) is 29.8 Å². The minimum absolute atomic E-state index is 0.0924. The molecule has 5 heteroatoms. The van der Waals surface area contributed by atoms with Gasteiger partial charge >= 0.3 is 0 Å². The highest BCUT2D eigenvalue weighted by Gasteiger charge is 2.36. The predicted octanol–water partition coefficient (Wildman–Crippen LogP) is 0.952. The Morgan fingerprint density at radius 1 is 1.29 bits per heavy atom. The lowest BCUT2D eigenvalue weighted by molar-refractivity contribution is 0.0170. The minimum atomic E-state index is -0.517. The summed E-state index contributed by atoms with van der Waals surface area (Å²) in [4.78, 5) is 2.25. The van der Waals surface area contributed by atoms with Gasteiger partial charge in [-0.3, -0.25) is 0 Å². The van der Waals surface area contributed by atoms with Crippen molar-refractivity contribution in [3.8, 4) is 5.75 Å². The normalized spacial score (nSPS) is 25.6. The van der Waals surface area contributed by atoms with Gasteiger partial charge in [-0.05, 0) is 19.2 Å². The third kappa shape index (κ3) is 4.17. The number of hydrogen-bond donors (Lipinski definition) is 3. The Bertz CT molecular complexity index is 437. The second kappa shape index (κ2) is 7.75. The number of likely N-dealkylation sites (N-methyl/N-ethyl adjacent to an activating group) is 1. The van der Waals surface area contributed by atoms with Crippen molar-refractivity contribution in [1.82, 2.24) is 10.2 Å². The van der Waals surface area contributed by atoms with Crippen molar-refractivity contribution in [1.29, 1.82) is 0 Å². The number of nitrogens with zero attached hydrogens (tertiary/aromatic N) is 1. The van der Waals surface area contributed by atoms with Gasteiger partial charge in [0.15, 0.2) is 0 Å². The molecule has 0 bridgehead atoms. The Morgan fingerprint density at radius 3 is 2.67 bits per heavy atom. The van der Waals surface area contributed by atoms with Gasteiger partial charge < -0.3 is 25.2 Å². The smallest absolute Gasteiger partial charge is 0.120 e. The van der Waals surface area contributed by atoms with Crippen LogP contribution in [-0.4, -0.2) is 59.6 Å². The summed E-state index contributed by atoms with van der Waals surface area (Å²) in [5.41, 5.74) is 0.830. The molecule has 2 rings (SSSR count). The van der Waals surface area contributed by atoms with E-state index in [1.54, 1.807) is 12.1 Å². The Hall–Kier alpha value is -1.14.